The van der Waals surface area contributed by atoms with Crippen LogP contribution in [0.25, 0.3) is 0 Å². The van der Waals surface area contributed by atoms with E-state index < -0.39 is 16.3 Å². The van der Waals surface area contributed by atoms with E-state index in [-0.39, 0.29) is 29.2 Å². The van der Waals surface area contributed by atoms with Crippen LogP contribution in [-0.4, -0.2) is 31.3 Å². The lowest BCUT2D eigenvalue weighted by Gasteiger charge is -2.36. The average molecular weight is 540 g/mol. The lowest BCUT2D eigenvalue weighted by atomic mass is 9.68. The number of nitrogens with zero attached hydrogens (tertiary/aromatic N) is 3. The summed E-state index contributed by atoms with van der Waals surface area (Å²) in [6, 6.07) is 7.24. The van der Waals surface area contributed by atoms with E-state index >= 15 is 0 Å². The second kappa shape index (κ2) is 11.2. The van der Waals surface area contributed by atoms with Crippen LogP contribution in [0.5, 0.6) is 5.75 Å². The van der Waals surface area contributed by atoms with E-state index in [4.69, 9.17) is 8.37 Å². The normalized spacial score (nSPS) is 15.1. The molecule has 0 saturated carbocycles. The summed E-state index contributed by atoms with van der Waals surface area (Å²) >= 11 is -2.11. The van der Waals surface area contributed by atoms with Crippen molar-refractivity contribution in [2.45, 2.75) is 72.3 Å². The first-order valence-electron chi connectivity index (χ1n) is 12.7. The van der Waals surface area contributed by atoms with E-state index in [1.165, 1.54) is 35.4 Å². The maximum Gasteiger partial charge on any atom is 0.360 e. The quantitative estimate of drug-likeness (QED) is 0.190. The van der Waals surface area contributed by atoms with Gasteiger partial charge in [0.15, 0.2) is 5.78 Å². The van der Waals surface area contributed by atoms with Gasteiger partial charge in [0.2, 0.25) is 0 Å². The third-order valence-electron chi connectivity index (χ3n) is 7.29. The Morgan fingerprint density at radius 2 is 1.92 bits per heavy atom. The van der Waals surface area contributed by atoms with Crippen molar-refractivity contribution in [3.05, 3.63) is 85.7 Å². The summed E-state index contributed by atoms with van der Waals surface area (Å²) in [6.45, 7) is 11.2. The molecular formula is C28H33N3O6S. The van der Waals surface area contributed by atoms with Gasteiger partial charge in [0.05, 0.1) is 29.0 Å². The van der Waals surface area contributed by atoms with Crippen LogP contribution in [0.3, 0.4) is 0 Å². The van der Waals surface area contributed by atoms with Gasteiger partial charge >= 0.3 is 11.4 Å². The lowest BCUT2D eigenvalue weighted by molar-refractivity contribution is -0.384. The van der Waals surface area contributed by atoms with E-state index in [1.807, 2.05) is 19.9 Å². The van der Waals surface area contributed by atoms with Crippen LogP contribution in [0.15, 0.2) is 36.5 Å². The highest BCUT2D eigenvalue weighted by Gasteiger charge is 2.32. The Bertz CT molecular complexity index is 1390. The van der Waals surface area contributed by atoms with Crippen LogP contribution >= 0.6 is 0 Å². The Morgan fingerprint density at radius 1 is 1.21 bits per heavy atom. The summed E-state index contributed by atoms with van der Waals surface area (Å²) < 4.78 is 24.6. The molecule has 1 atom stereocenters. The first kappa shape index (κ1) is 27.7. The summed E-state index contributed by atoms with van der Waals surface area (Å²) in [6.07, 6.45) is 5.18. The smallest absolute Gasteiger partial charge is 0.360 e. The minimum absolute atomic E-state index is 0.0106. The summed E-state index contributed by atoms with van der Waals surface area (Å²) in [5.74, 6) is 0.109. The molecule has 0 spiro atoms. The van der Waals surface area contributed by atoms with Gasteiger partial charge in [0.1, 0.15) is 5.75 Å². The first-order valence-corrected chi connectivity index (χ1v) is 13.7. The summed E-state index contributed by atoms with van der Waals surface area (Å²) in [4.78, 5) is 24.1. The third kappa shape index (κ3) is 5.56. The Hall–Kier alpha value is -3.37. The van der Waals surface area contributed by atoms with Crippen molar-refractivity contribution in [2.24, 2.45) is 0 Å². The zero-order valence-corrected chi connectivity index (χ0v) is 23.2. The summed E-state index contributed by atoms with van der Waals surface area (Å²) in [5, 5.41) is 15.2. The molecule has 0 aliphatic heterocycles. The SMILES string of the molecule is CCn1ncc(C(=O)c2cc(C)c3c(c2C)C(C)(C)CCC3)c1CCOS(=O)Oc1ccc([N+](=O)[O-])cc1. The van der Waals surface area contributed by atoms with Crippen molar-refractivity contribution >= 4 is 22.8 Å². The van der Waals surface area contributed by atoms with Gasteiger partial charge in [-0.05, 0) is 85.9 Å². The lowest BCUT2D eigenvalue weighted by Crippen LogP contribution is -2.27. The Labute approximate surface area is 225 Å². The minimum atomic E-state index is -2.11. The molecule has 9 nitrogen and oxygen atoms in total. The van der Waals surface area contributed by atoms with Crippen LogP contribution in [0.4, 0.5) is 5.69 Å². The number of hydrogen-bond donors (Lipinski definition) is 0. The van der Waals surface area contributed by atoms with Crippen molar-refractivity contribution in [3.8, 4) is 5.75 Å². The van der Waals surface area contributed by atoms with Crippen LogP contribution in [-0.2, 0) is 40.3 Å². The van der Waals surface area contributed by atoms with E-state index in [2.05, 4.69) is 25.9 Å². The molecule has 0 radical (unpaired) electrons. The highest BCUT2D eigenvalue weighted by molar-refractivity contribution is 7.75. The monoisotopic (exact) mass is 539 g/mol. The second-order valence-electron chi connectivity index (χ2n) is 10.2. The average Bonchev–Trinajstić information content (AvgIpc) is 3.28. The van der Waals surface area contributed by atoms with Gasteiger partial charge in [-0.15, -0.1) is 0 Å². The zero-order chi connectivity index (χ0) is 27.6. The van der Waals surface area contributed by atoms with Gasteiger partial charge in [0.25, 0.3) is 5.69 Å². The van der Waals surface area contributed by atoms with Gasteiger partial charge in [0, 0.05) is 30.7 Å². The van der Waals surface area contributed by atoms with Crippen LogP contribution in [0.1, 0.15) is 77.5 Å². The number of carbonyl (C=O) groups is 1. The zero-order valence-electron chi connectivity index (χ0n) is 22.4. The molecular weight excluding hydrogens is 506 g/mol. The molecule has 0 N–H and O–H groups in total. The number of aromatic nitrogens is 2. The summed E-state index contributed by atoms with van der Waals surface area (Å²) in [5.41, 5.74) is 6.66. The molecule has 0 amide bonds. The molecule has 0 fully saturated rings. The number of carbonyl (C=O) groups excluding carboxylic acids is 1. The largest absolute Gasteiger partial charge is 0.380 e. The third-order valence-corrected chi connectivity index (χ3v) is 7.98. The fourth-order valence-corrected chi connectivity index (χ4v) is 6.03. The number of nitro benzene ring substituents is 1. The Balaban J connectivity index is 1.51. The van der Waals surface area contributed by atoms with Crippen molar-refractivity contribution in [1.82, 2.24) is 9.78 Å². The highest BCUT2D eigenvalue weighted by Crippen LogP contribution is 2.41. The molecule has 4 rings (SSSR count). The summed E-state index contributed by atoms with van der Waals surface area (Å²) in [7, 11) is 0. The number of aryl methyl sites for hydroxylation is 2. The molecule has 1 heterocycles. The van der Waals surface area contributed by atoms with E-state index in [0.717, 1.165) is 30.4 Å². The van der Waals surface area contributed by atoms with Crippen LogP contribution < -0.4 is 4.18 Å². The Morgan fingerprint density at radius 3 is 2.58 bits per heavy atom. The maximum atomic E-state index is 13.9. The number of fused-ring (bicyclic) bond motifs is 1. The highest BCUT2D eigenvalue weighted by atomic mass is 32.2. The van der Waals surface area contributed by atoms with Gasteiger partial charge < -0.3 is 4.18 Å². The van der Waals surface area contributed by atoms with Gasteiger partial charge in [-0.2, -0.15) is 9.31 Å². The van der Waals surface area contributed by atoms with E-state index in [9.17, 15) is 19.1 Å². The maximum absolute atomic E-state index is 13.9. The van der Waals surface area contributed by atoms with Crippen molar-refractivity contribution in [2.75, 3.05) is 6.61 Å². The van der Waals surface area contributed by atoms with Crippen LogP contribution in [0.2, 0.25) is 0 Å². The molecule has 1 aliphatic carbocycles. The van der Waals surface area contributed by atoms with Gasteiger partial charge in [-0.3, -0.25) is 23.8 Å². The topological polar surface area (TPSA) is 114 Å². The predicted molar refractivity (Wildman–Crippen MR) is 145 cm³/mol. The van der Waals surface area contributed by atoms with E-state index in [0.29, 0.717) is 29.8 Å². The molecule has 38 heavy (non-hydrogen) atoms. The number of nitro groups is 1. The molecule has 0 bridgehead atoms. The fourth-order valence-electron chi connectivity index (χ4n) is 5.49. The van der Waals surface area contributed by atoms with Crippen LogP contribution in [0, 0.1) is 24.0 Å². The molecule has 2 aromatic carbocycles. The number of hydrogen-bond acceptors (Lipinski definition) is 7. The molecule has 1 aromatic heterocycles. The van der Waals surface area contributed by atoms with E-state index in [1.54, 1.807) is 10.9 Å². The molecule has 10 heteroatoms. The number of rotatable bonds is 10. The van der Waals surface area contributed by atoms with Gasteiger partial charge in [-0.1, -0.05) is 13.8 Å². The molecule has 3 aromatic rings. The number of non-ortho nitro benzene ring substituents is 1. The standard InChI is InChI=1S/C28H33N3O6S/c1-6-30-25(13-15-36-38(35)37-21-11-9-20(10-12-21)31(33)34)24(17-29-30)27(32)23-16-18(2)22-8-7-14-28(4,5)26(22)19(23)3/h9-12,16-17H,6-8,13-15H2,1-5H3. The molecule has 1 unspecified atom stereocenters. The fraction of sp³-hybridized carbons (Fsp3) is 0.429. The van der Waals surface area contributed by atoms with Crippen molar-refractivity contribution in [1.29, 1.82) is 0 Å². The van der Waals surface area contributed by atoms with Crippen molar-refractivity contribution in [3.63, 3.8) is 0 Å². The molecule has 0 saturated heterocycles. The van der Waals surface area contributed by atoms with Crippen molar-refractivity contribution < 1.29 is 22.3 Å². The number of benzene rings is 2. The van der Waals surface area contributed by atoms with Gasteiger partial charge in [-0.25, -0.2) is 0 Å². The second-order valence-corrected chi connectivity index (χ2v) is 11.0. The minimum Gasteiger partial charge on any atom is -0.380 e. The molecule has 202 valence electrons. The first-order chi connectivity index (χ1) is 18.0. The molecule has 1 aliphatic rings. The predicted octanol–water partition coefficient (Wildman–Crippen LogP) is 5.49. The Kier molecular flexibility index (Phi) is 8.13. The number of ketones is 1.